The van der Waals surface area contributed by atoms with Crippen molar-refractivity contribution >= 4 is 18.4 Å². The van der Waals surface area contributed by atoms with Crippen molar-refractivity contribution < 1.29 is 14.4 Å². The Labute approximate surface area is 136 Å². The molecule has 1 unspecified atom stereocenters. The molecule has 0 amide bonds. The van der Waals surface area contributed by atoms with E-state index >= 15 is 0 Å². The molecule has 2 aromatic rings. The molecule has 0 fully saturated rings. The summed E-state index contributed by atoms with van der Waals surface area (Å²) < 4.78 is 0. The third-order valence-electron chi connectivity index (χ3n) is 3.89. The Morgan fingerprint density at radius 2 is 1.52 bits per heavy atom. The van der Waals surface area contributed by atoms with Crippen LogP contribution < -0.4 is 0 Å². The molecule has 2 aromatic carbocycles. The molecule has 3 nitrogen and oxygen atoms in total. The smallest absolute Gasteiger partial charge is 0.163 e. The second-order valence-electron chi connectivity index (χ2n) is 5.71. The lowest BCUT2D eigenvalue weighted by molar-refractivity contribution is -0.111. The van der Waals surface area contributed by atoms with Crippen LogP contribution in [0.25, 0.3) is 11.1 Å². The lowest BCUT2D eigenvalue weighted by Crippen LogP contribution is -2.10. The van der Waals surface area contributed by atoms with Crippen LogP contribution in [-0.2, 0) is 9.59 Å². The number of Topliss-reactive ketones (excluding diaryl/α,β-unsaturated/α-hetero) is 1. The molecule has 0 aliphatic heterocycles. The first-order chi connectivity index (χ1) is 11.1. The van der Waals surface area contributed by atoms with Crippen LogP contribution >= 0.6 is 0 Å². The van der Waals surface area contributed by atoms with Crippen molar-refractivity contribution in [3.8, 4) is 11.1 Å². The summed E-state index contributed by atoms with van der Waals surface area (Å²) in [6.07, 6.45) is 2.43. The maximum Gasteiger partial charge on any atom is 0.163 e. The molecule has 0 saturated heterocycles. The van der Waals surface area contributed by atoms with Crippen molar-refractivity contribution in [3.63, 3.8) is 0 Å². The molecule has 23 heavy (non-hydrogen) atoms. The van der Waals surface area contributed by atoms with Gasteiger partial charge in [-0.1, -0.05) is 54.1 Å². The zero-order valence-corrected chi connectivity index (χ0v) is 13.2. The predicted molar refractivity (Wildman–Crippen MR) is 90.4 cm³/mol. The first-order valence-electron chi connectivity index (χ1n) is 7.73. The Morgan fingerprint density at radius 3 is 2.04 bits per heavy atom. The maximum atomic E-state index is 12.2. The Hall–Kier alpha value is -2.55. The van der Waals surface area contributed by atoms with Gasteiger partial charge in [-0.25, -0.2) is 0 Å². The van der Waals surface area contributed by atoms with Gasteiger partial charge in [0.1, 0.15) is 12.6 Å². The second-order valence-corrected chi connectivity index (χ2v) is 5.71. The number of benzene rings is 2. The zero-order valence-electron chi connectivity index (χ0n) is 13.2. The van der Waals surface area contributed by atoms with E-state index in [0.717, 1.165) is 23.7 Å². The summed E-state index contributed by atoms with van der Waals surface area (Å²) in [7, 11) is 0. The molecule has 0 N–H and O–H groups in total. The van der Waals surface area contributed by atoms with Crippen LogP contribution in [0.3, 0.4) is 0 Å². The first kappa shape index (κ1) is 16.8. The van der Waals surface area contributed by atoms with Crippen LogP contribution in [-0.4, -0.2) is 18.4 Å². The second kappa shape index (κ2) is 8.18. The molecule has 0 heterocycles. The molecule has 0 aliphatic rings. The van der Waals surface area contributed by atoms with Gasteiger partial charge in [-0.15, -0.1) is 0 Å². The zero-order chi connectivity index (χ0) is 16.7. The third kappa shape index (κ3) is 4.71. The molecule has 3 heteroatoms. The van der Waals surface area contributed by atoms with Crippen molar-refractivity contribution in [2.45, 2.75) is 26.2 Å². The summed E-state index contributed by atoms with van der Waals surface area (Å²) in [4.78, 5) is 33.6. The van der Waals surface area contributed by atoms with Gasteiger partial charge in [-0.2, -0.15) is 0 Å². The number of carbonyl (C=O) groups excluding carboxylic acids is 3. The normalized spacial score (nSPS) is 11.7. The van der Waals surface area contributed by atoms with Crippen molar-refractivity contribution in [1.82, 2.24) is 0 Å². The van der Waals surface area contributed by atoms with Gasteiger partial charge in [-0.05, 0) is 24.5 Å². The van der Waals surface area contributed by atoms with Gasteiger partial charge in [0.15, 0.2) is 5.78 Å². The summed E-state index contributed by atoms with van der Waals surface area (Å²) in [5, 5.41) is 0. The van der Waals surface area contributed by atoms with Crippen LogP contribution in [0.1, 0.15) is 35.2 Å². The molecule has 0 aromatic heterocycles. The predicted octanol–water partition coefficient (Wildman–Crippen LogP) is 4.03. The van der Waals surface area contributed by atoms with Crippen molar-refractivity contribution in [2.75, 3.05) is 0 Å². The molecule has 0 saturated carbocycles. The van der Waals surface area contributed by atoms with E-state index in [1.54, 1.807) is 12.1 Å². The summed E-state index contributed by atoms with van der Waals surface area (Å²) in [5.41, 5.74) is 3.95. The van der Waals surface area contributed by atoms with Gasteiger partial charge in [0.05, 0.1) is 0 Å². The minimum absolute atomic E-state index is 0.0662. The average Bonchev–Trinajstić information content (AvgIpc) is 2.59. The van der Waals surface area contributed by atoms with Gasteiger partial charge in [0.2, 0.25) is 0 Å². The maximum absolute atomic E-state index is 12.2. The lowest BCUT2D eigenvalue weighted by atomic mass is 9.94. The van der Waals surface area contributed by atoms with Crippen LogP contribution in [0.15, 0.2) is 48.5 Å². The summed E-state index contributed by atoms with van der Waals surface area (Å²) in [6.45, 7) is 2.04. The topological polar surface area (TPSA) is 51.2 Å². The number of aryl methyl sites for hydroxylation is 1. The van der Waals surface area contributed by atoms with E-state index in [9.17, 15) is 14.4 Å². The number of ketones is 1. The van der Waals surface area contributed by atoms with Crippen molar-refractivity contribution in [1.29, 1.82) is 0 Å². The molecule has 118 valence electrons. The van der Waals surface area contributed by atoms with E-state index in [0.29, 0.717) is 18.4 Å². The molecule has 0 spiro atoms. The fourth-order valence-electron chi connectivity index (χ4n) is 2.45. The number of carbonyl (C=O) groups is 3. The summed E-state index contributed by atoms with van der Waals surface area (Å²) >= 11 is 0. The Morgan fingerprint density at radius 1 is 0.957 bits per heavy atom. The van der Waals surface area contributed by atoms with Crippen LogP contribution in [0.2, 0.25) is 0 Å². The molecule has 0 aliphatic carbocycles. The van der Waals surface area contributed by atoms with E-state index in [1.165, 1.54) is 5.56 Å². The van der Waals surface area contributed by atoms with Crippen LogP contribution in [0.5, 0.6) is 0 Å². The van der Waals surface area contributed by atoms with Gasteiger partial charge < -0.3 is 9.59 Å². The SMILES string of the molecule is Cc1ccc(-c2ccc(C(=O)CC(C=O)CCC=O)cc2)cc1. The molecule has 2 rings (SSSR count). The van der Waals surface area contributed by atoms with Gasteiger partial charge in [-0.3, -0.25) is 4.79 Å². The highest BCUT2D eigenvalue weighted by molar-refractivity contribution is 5.97. The molecular formula is C20H20O3. The Balaban J connectivity index is 2.06. The highest BCUT2D eigenvalue weighted by Gasteiger charge is 2.14. The lowest BCUT2D eigenvalue weighted by Gasteiger charge is -2.08. The highest BCUT2D eigenvalue weighted by atomic mass is 16.1. The quantitative estimate of drug-likeness (QED) is 0.546. The molecule has 0 bridgehead atoms. The van der Waals surface area contributed by atoms with E-state index in [-0.39, 0.29) is 18.1 Å². The number of hydrogen-bond acceptors (Lipinski definition) is 3. The third-order valence-corrected chi connectivity index (χ3v) is 3.89. The fourth-order valence-corrected chi connectivity index (χ4v) is 2.45. The summed E-state index contributed by atoms with van der Waals surface area (Å²) in [6, 6.07) is 15.6. The Bertz CT molecular complexity index is 669. The minimum atomic E-state index is -0.385. The van der Waals surface area contributed by atoms with Crippen molar-refractivity contribution in [2.24, 2.45) is 5.92 Å². The van der Waals surface area contributed by atoms with E-state index < -0.39 is 0 Å². The van der Waals surface area contributed by atoms with Gasteiger partial charge in [0.25, 0.3) is 0 Å². The standard InChI is InChI=1S/C20H20O3/c1-15-4-6-17(7-5-15)18-8-10-19(11-9-18)20(23)13-16(14-22)3-2-12-21/h4-12,14,16H,2-3,13H2,1H3. The molecule has 0 radical (unpaired) electrons. The Kier molecular flexibility index (Phi) is 5.98. The van der Waals surface area contributed by atoms with E-state index in [4.69, 9.17) is 0 Å². The first-order valence-corrected chi connectivity index (χ1v) is 7.73. The van der Waals surface area contributed by atoms with Gasteiger partial charge >= 0.3 is 0 Å². The van der Waals surface area contributed by atoms with Crippen molar-refractivity contribution in [3.05, 3.63) is 59.7 Å². The minimum Gasteiger partial charge on any atom is -0.303 e. The molecular weight excluding hydrogens is 288 g/mol. The number of rotatable bonds is 8. The molecule has 1 atom stereocenters. The fraction of sp³-hybridized carbons (Fsp3) is 0.250. The van der Waals surface area contributed by atoms with E-state index in [1.807, 2.05) is 31.2 Å². The highest BCUT2D eigenvalue weighted by Crippen LogP contribution is 2.21. The van der Waals surface area contributed by atoms with Gasteiger partial charge in [0, 0.05) is 24.3 Å². The van der Waals surface area contributed by atoms with Crippen LogP contribution in [0.4, 0.5) is 0 Å². The summed E-state index contributed by atoms with van der Waals surface area (Å²) in [5.74, 6) is -0.451. The van der Waals surface area contributed by atoms with E-state index in [2.05, 4.69) is 12.1 Å². The average molecular weight is 308 g/mol. The monoisotopic (exact) mass is 308 g/mol. The van der Waals surface area contributed by atoms with Crippen LogP contribution in [0, 0.1) is 12.8 Å². The number of hydrogen-bond donors (Lipinski definition) is 0. The number of aldehydes is 2. The largest absolute Gasteiger partial charge is 0.303 e.